The van der Waals surface area contributed by atoms with Crippen LogP contribution in [-0.4, -0.2) is 40.4 Å². The Morgan fingerprint density at radius 2 is 1.45 bits per heavy atom. The standard InChI is InChI=1S/C38H39N2O2/c1-7-39-29-19-17-23-13-9-11-15-25(23)33(29)37(3,4)31(39)21-27-35(41)28(36(27)42)22-32-38(5,6)34-26-16-12-10-14-24(26)18-20-30(34)40(32)8-2/h9-22,27,35,41H,7-8H2,1-6H3/q+1. The zero-order valence-electron chi connectivity index (χ0n) is 25.4. The molecule has 0 spiro atoms. The van der Waals surface area contributed by atoms with Gasteiger partial charge in [-0.25, -0.2) is 0 Å². The largest absolute Gasteiger partial charge is 0.387 e. The van der Waals surface area contributed by atoms with Crippen LogP contribution in [0, 0.1) is 5.92 Å². The first-order valence-corrected chi connectivity index (χ1v) is 15.2. The van der Waals surface area contributed by atoms with Crippen LogP contribution in [0.2, 0.25) is 0 Å². The molecule has 2 aliphatic heterocycles. The topological polar surface area (TPSA) is 43.5 Å². The molecule has 4 aromatic rings. The van der Waals surface area contributed by atoms with Crippen molar-refractivity contribution >= 4 is 44.4 Å². The van der Waals surface area contributed by atoms with E-state index in [4.69, 9.17) is 0 Å². The van der Waals surface area contributed by atoms with Crippen LogP contribution in [0.3, 0.4) is 0 Å². The van der Waals surface area contributed by atoms with Gasteiger partial charge in [0, 0.05) is 46.6 Å². The minimum atomic E-state index is -0.831. The second-order valence-electron chi connectivity index (χ2n) is 13.0. The molecule has 0 saturated heterocycles. The predicted octanol–water partition coefficient (Wildman–Crippen LogP) is 7.58. The van der Waals surface area contributed by atoms with Gasteiger partial charge in [-0.05, 0) is 66.9 Å². The third-order valence-corrected chi connectivity index (χ3v) is 10.0. The number of benzene rings is 4. The molecule has 0 aromatic heterocycles. The number of hydrogen-bond donors (Lipinski definition) is 1. The van der Waals surface area contributed by atoms with Crippen LogP contribution in [0.4, 0.5) is 11.4 Å². The summed E-state index contributed by atoms with van der Waals surface area (Å²) in [7, 11) is 0. The molecule has 1 saturated carbocycles. The summed E-state index contributed by atoms with van der Waals surface area (Å²) in [5, 5.41) is 16.4. The number of allylic oxidation sites excluding steroid dienone is 2. The molecule has 2 heterocycles. The van der Waals surface area contributed by atoms with E-state index in [1.54, 1.807) is 0 Å². The van der Waals surface area contributed by atoms with E-state index in [-0.39, 0.29) is 16.6 Å². The molecule has 0 radical (unpaired) electrons. The van der Waals surface area contributed by atoms with Crippen LogP contribution in [0.1, 0.15) is 52.7 Å². The molecule has 3 aliphatic rings. The van der Waals surface area contributed by atoms with E-state index in [0.29, 0.717) is 5.57 Å². The van der Waals surface area contributed by atoms with Crippen molar-refractivity contribution < 1.29 is 14.5 Å². The zero-order valence-corrected chi connectivity index (χ0v) is 25.4. The lowest BCUT2D eigenvalue weighted by molar-refractivity contribution is -0.433. The Morgan fingerprint density at radius 3 is 2.07 bits per heavy atom. The van der Waals surface area contributed by atoms with Crippen LogP contribution >= 0.6 is 0 Å². The number of nitrogens with zero attached hydrogens (tertiary/aromatic N) is 2. The fraction of sp³-hybridized carbons (Fsp3) is 0.316. The van der Waals surface area contributed by atoms with E-state index < -0.39 is 12.0 Å². The van der Waals surface area contributed by atoms with Crippen molar-refractivity contribution in [3.63, 3.8) is 0 Å². The van der Waals surface area contributed by atoms with Crippen molar-refractivity contribution in [2.75, 3.05) is 18.0 Å². The Kier molecular flexibility index (Phi) is 5.91. The normalized spacial score (nSPS) is 24.2. The molecule has 1 aliphatic carbocycles. The summed E-state index contributed by atoms with van der Waals surface area (Å²) >= 11 is 0. The minimum absolute atomic E-state index is 0.0165. The second kappa shape index (κ2) is 9.24. The Bertz CT molecular complexity index is 1910. The first kappa shape index (κ1) is 26.9. The maximum absolute atomic E-state index is 13.8. The van der Waals surface area contributed by atoms with Gasteiger partial charge in [-0.2, -0.15) is 4.58 Å². The number of carbonyl (C=O) groups is 1. The number of anilines is 1. The fourth-order valence-electron chi connectivity index (χ4n) is 7.93. The van der Waals surface area contributed by atoms with Crippen molar-refractivity contribution in [1.29, 1.82) is 0 Å². The number of aliphatic hydroxyl groups is 1. The fourth-order valence-corrected chi connectivity index (χ4v) is 7.93. The van der Waals surface area contributed by atoms with Crippen LogP contribution in [-0.2, 0) is 15.6 Å². The summed E-state index contributed by atoms with van der Waals surface area (Å²) < 4.78 is 2.31. The average molecular weight is 556 g/mol. The van der Waals surface area contributed by atoms with Gasteiger partial charge >= 0.3 is 0 Å². The highest BCUT2D eigenvalue weighted by Gasteiger charge is 2.50. The Balaban J connectivity index is 1.27. The lowest BCUT2D eigenvalue weighted by atomic mass is 9.70. The summed E-state index contributed by atoms with van der Waals surface area (Å²) in [6, 6.07) is 25.8. The summed E-state index contributed by atoms with van der Waals surface area (Å²) in [6.07, 6.45) is 3.20. The van der Waals surface area contributed by atoms with Crippen molar-refractivity contribution in [3.05, 3.63) is 107 Å². The molecular weight excluding hydrogens is 516 g/mol. The van der Waals surface area contributed by atoms with E-state index in [2.05, 4.69) is 124 Å². The van der Waals surface area contributed by atoms with Gasteiger partial charge in [-0.1, -0.05) is 74.5 Å². The van der Waals surface area contributed by atoms with E-state index >= 15 is 0 Å². The summed E-state index contributed by atoms with van der Waals surface area (Å²) in [6.45, 7) is 14.8. The number of fused-ring (bicyclic) bond motifs is 6. The first-order chi connectivity index (χ1) is 20.1. The number of hydrogen-bond acceptors (Lipinski definition) is 3. The van der Waals surface area contributed by atoms with E-state index in [1.165, 1.54) is 44.0 Å². The first-order valence-electron chi connectivity index (χ1n) is 15.2. The summed E-state index contributed by atoms with van der Waals surface area (Å²) in [5.74, 6) is -0.536. The summed E-state index contributed by atoms with van der Waals surface area (Å²) in [4.78, 5) is 16.1. The quantitative estimate of drug-likeness (QED) is 0.209. The zero-order chi connectivity index (χ0) is 29.6. The number of aliphatic hydroxyl groups excluding tert-OH is 1. The van der Waals surface area contributed by atoms with Gasteiger partial charge in [0.2, 0.25) is 5.69 Å². The van der Waals surface area contributed by atoms with Crippen molar-refractivity contribution in [1.82, 2.24) is 0 Å². The molecule has 0 amide bonds. The molecule has 42 heavy (non-hydrogen) atoms. The number of carbonyl (C=O) groups excluding carboxylic acids is 1. The maximum atomic E-state index is 13.8. The van der Waals surface area contributed by atoms with Crippen LogP contribution in [0.25, 0.3) is 21.5 Å². The lowest BCUT2D eigenvalue weighted by Gasteiger charge is -2.35. The Labute approximate surface area is 248 Å². The molecule has 1 fully saturated rings. The Morgan fingerprint density at radius 1 is 0.833 bits per heavy atom. The van der Waals surface area contributed by atoms with E-state index in [9.17, 15) is 9.90 Å². The predicted molar refractivity (Wildman–Crippen MR) is 173 cm³/mol. The van der Waals surface area contributed by atoms with Crippen molar-refractivity contribution in [3.8, 4) is 0 Å². The van der Waals surface area contributed by atoms with E-state index in [1.807, 2.05) is 12.2 Å². The van der Waals surface area contributed by atoms with Crippen LogP contribution in [0.5, 0.6) is 0 Å². The molecule has 4 heteroatoms. The average Bonchev–Trinajstić information content (AvgIpc) is 3.36. The molecular formula is C38H39N2O2+. The van der Waals surface area contributed by atoms with Gasteiger partial charge in [0.05, 0.1) is 17.4 Å². The number of ketones is 1. The third-order valence-electron chi connectivity index (χ3n) is 10.0. The highest BCUT2D eigenvalue weighted by atomic mass is 16.3. The lowest BCUT2D eigenvalue weighted by Crippen LogP contribution is -2.46. The molecule has 2 unspecified atom stereocenters. The smallest absolute Gasteiger partial charge is 0.210 e. The monoisotopic (exact) mass is 555 g/mol. The molecule has 4 nitrogen and oxygen atoms in total. The molecule has 7 rings (SSSR count). The van der Waals surface area contributed by atoms with Crippen LogP contribution < -0.4 is 4.90 Å². The van der Waals surface area contributed by atoms with Gasteiger partial charge in [0.15, 0.2) is 11.5 Å². The Hall–Kier alpha value is -4.02. The second-order valence-corrected chi connectivity index (χ2v) is 13.0. The molecule has 4 aromatic carbocycles. The minimum Gasteiger partial charge on any atom is -0.387 e. The van der Waals surface area contributed by atoms with Crippen molar-refractivity contribution in [2.24, 2.45) is 5.92 Å². The van der Waals surface area contributed by atoms with Gasteiger partial charge in [0.1, 0.15) is 6.54 Å². The van der Waals surface area contributed by atoms with Gasteiger partial charge < -0.3 is 10.0 Å². The maximum Gasteiger partial charge on any atom is 0.210 e. The van der Waals surface area contributed by atoms with Gasteiger partial charge in [-0.3, -0.25) is 4.79 Å². The SMILES string of the molecule is CCN1C(=CC2C(=O)C(=CC3=[N+](CC)c4ccc5ccccc5c4C3(C)C)C2O)C(C)(C)c2c1ccc1ccccc21. The molecule has 2 atom stereocenters. The highest BCUT2D eigenvalue weighted by Crippen LogP contribution is 2.52. The molecule has 0 bridgehead atoms. The number of Topliss-reactive ketones (excluding diaryl/α,β-unsaturated/α-hetero) is 1. The van der Waals surface area contributed by atoms with Crippen molar-refractivity contribution in [2.45, 2.75) is 58.5 Å². The highest BCUT2D eigenvalue weighted by molar-refractivity contribution is 6.15. The van der Waals surface area contributed by atoms with Gasteiger partial charge in [0.25, 0.3) is 0 Å². The molecule has 1 N–H and O–H groups in total. The third kappa shape index (κ3) is 3.51. The number of rotatable bonds is 4. The van der Waals surface area contributed by atoms with E-state index in [0.717, 1.165) is 24.5 Å². The molecule has 212 valence electrons. The summed E-state index contributed by atoms with van der Waals surface area (Å²) in [5.41, 5.74) is 7.02. The van der Waals surface area contributed by atoms with Crippen LogP contribution in [0.15, 0.2) is 96.2 Å². The number of likely N-dealkylation sites (N-methyl/N-ethyl adjacent to an activating group) is 1. The van der Waals surface area contributed by atoms with Gasteiger partial charge in [-0.15, -0.1) is 0 Å².